The van der Waals surface area contributed by atoms with Crippen molar-refractivity contribution in [2.45, 2.75) is 64.1 Å². The highest BCUT2D eigenvalue weighted by atomic mass is 32.2. The second-order valence-electron chi connectivity index (χ2n) is 12.0. The number of amides is 1. The first-order chi connectivity index (χ1) is 20.2. The molecule has 0 saturated carbocycles. The Morgan fingerprint density at radius 1 is 0.976 bits per heavy atom. The number of likely N-dealkylation sites (tertiary alicyclic amines) is 1. The zero-order chi connectivity index (χ0) is 29.7. The second kappa shape index (κ2) is 13.5. The fourth-order valence-corrected chi connectivity index (χ4v) is 8.58. The molecular formula is C34H43N3O4S. The number of nitrogens with zero attached hydrogens (tertiary/aromatic N) is 2. The van der Waals surface area contributed by atoms with E-state index in [9.17, 15) is 13.2 Å². The number of benzene rings is 3. The van der Waals surface area contributed by atoms with Crippen LogP contribution in [0.4, 0.5) is 0 Å². The Morgan fingerprint density at radius 3 is 2.40 bits per heavy atom. The van der Waals surface area contributed by atoms with Crippen LogP contribution in [0.1, 0.15) is 46.2 Å². The van der Waals surface area contributed by atoms with Crippen LogP contribution in [-0.2, 0) is 39.1 Å². The third-order valence-electron chi connectivity index (χ3n) is 8.46. The highest BCUT2D eigenvalue weighted by molar-refractivity contribution is 7.89. The van der Waals surface area contributed by atoms with E-state index in [1.54, 1.807) is 4.31 Å². The summed E-state index contributed by atoms with van der Waals surface area (Å²) in [7, 11) is -3.79. The van der Waals surface area contributed by atoms with Crippen LogP contribution in [0.3, 0.4) is 0 Å². The second-order valence-corrected chi connectivity index (χ2v) is 13.8. The Labute approximate surface area is 250 Å². The number of carbonyl (C=O) groups is 1. The predicted octanol–water partition coefficient (Wildman–Crippen LogP) is 4.77. The maximum atomic E-state index is 14.1. The summed E-state index contributed by atoms with van der Waals surface area (Å²) in [5.41, 5.74) is 5.97. The van der Waals surface area contributed by atoms with Gasteiger partial charge in [-0.2, -0.15) is 4.31 Å². The molecule has 0 radical (unpaired) electrons. The van der Waals surface area contributed by atoms with E-state index in [-0.39, 0.29) is 25.7 Å². The molecule has 1 saturated heterocycles. The molecule has 2 aliphatic heterocycles. The molecule has 0 aliphatic carbocycles. The molecule has 8 heteroatoms. The maximum absolute atomic E-state index is 14.1. The number of aryl methyl sites for hydroxylation is 3. The summed E-state index contributed by atoms with van der Waals surface area (Å²) in [6.45, 7) is 9.62. The number of carbonyl (C=O) groups excluding carboxylic acids is 1. The Bertz CT molecular complexity index is 1470. The lowest BCUT2D eigenvalue weighted by Gasteiger charge is -2.36. The van der Waals surface area contributed by atoms with E-state index in [2.05, 4.69) is 34.5 Å². The Kier molecular flexibility index (Phi) is 9.78. The smallest absolute Gasteiger partial charge is 0.246 e. The fourth-order valence-electron chi connectivity index (χ4n) is 6.58. The molecule has 1 fully saturated rings. The first-order valence-corrected chi connectivity index (χ1v) is 16.4. The van der Waals surface area contributed by atoms with Crippen molar-refractivity contribution in [1.82, 2.24) is 14.5 Å². The summed E-state index contributed by atoms with van der Waals surface area (Å²) in [6.07, 6.45) is 2.76. The molecule has 3 aromatic carbocycles. The minimum atomic E-state index is -3.79. The zero-order valence-corrected chi connectivity index (χ0v) is 25.8. The number of hydrogen-bond donors (Lipinski definition) is 1. The molecule has 2 atom stereocenters. The van der Waals surface area contributed by atoms with Crippen LogP contribution in [0.2, 0.25) is 0 Å². The van der Waals surface area contributed by atoms with Crippen LogP contribution in [0.25, 0.3) is 0 Å². The zero-order valence-electron chi connectivity index (χ0n) is 25.0. The minimum absolute atomic E-state index is 0.0882. The highest BCUT2D eigenvalue weighted by Gasteiger charge is 2.37. The largest absolute Gasteiger partial charge is 0.370 e. The third-order valence-corrected chi connectivity index (χ3v) is 10.7. The normalized spacial score (nSPS) is 19.8. The van der Waals surface area contributed by atoms with E-state index in [0.29, 0.717) is 23.8 Å². The lowest BCUT2D eigenvalue weighted by molar-refractivity contribution is -0.126. The third kappa shape index (κ3) is 7.29. The Morgan fingerprint density at radius 2 is 1.67 bits per heavy atom. The highest BCUT2D eigenvalue weighted by Crippen LogP contribution is 2.32. The SMILES string of the molecule is Cc1cc(C)c(S(=O)(=O)N2Cc3ccccc3CC2COCC(=O)NCC2CCCN(Cc3ccccc3)C2)c(C)c1. The van der Waals surface area contributed by atoms with E-state index in [1.807, 2.05) is 63.2 Å². The molecule has 0 spiro atoms. The van der Waals surface area contributed by atoms with Gasteiger partial charge in [-0.15, -0.1) is 0 Å². The van der Waals surface area contributed by atoms with Crippen molar-refractivity contribution in [3.8, 4) is 0 Å². The molecule has 2 heterocycles. The molecule has 1 amide bonds. The van der Waals surface area contributed by atoms with Crippen molar-refractivity contribution in [2.24, 2.45) is 5.92 Å². The molecule has 1 N–H and O–H groups in total. The quantitative estimate of drug-likeness (QED) is 0.369. The minimum Gasteiger partial charge on any atom is -0.370 e. The predicted molar refractivity (Wildman–Crippen MR) is 166 cm³/mol. The molecule has 0 aromatic heterocycles. The number of sulfonamides is 1. The summed E-state index contributed by atoms with van der Waals surface area (Å²) in [5.74, 6) is 0.244. The first kappa shape index (κ1) is 30.4. The molecule has 3 aromatic rings. The number of piperidine rings is 1. The molecule has 2 unspecified atom stereocenters. The molecule has 42 heavy (non-hydrogen) atoms. The topological polar surface area (TPSA) is 78.9 Å². The van der Waals surface area contributed by atoms with Crippen molar-refractivity contribution in [1.29, 1.82) is 0 Å². The maximum Gasteiger partial charge on any atom is 0.246 e. The number of rotatable bonds is 10. The first-order valence-electron chi connectivity index (χ1n) is 15.0. The lowest BCUT2D eigenvalue weighted by Crippen LogP contribution is -2.47. The van der Waals surface area contributed by atoms with Crippen LogP contribution in [0.15, 0.2) is 71.6 Å². The van der Waals surface area contributed by atoms with Crippen LogP contribution in [0, 0.1) is 26.7 Å². The van der Waals surface area contributed by atoms with E-state index >= 15 is 0 Å². The molecule has 7 nitrogen and oxygen atoms in total. The van der Waals surface area contributed by atoms with Crippen molar-refractivity contribution < 1.29 is 17.9 Å². The van der Waals surface area contributed by atoms with Gasteiger partial charge in [-0.3, -0.25) is 9.69 Å². The summed E-state index contributed by atoms with van der Waals surface area (Å²) in [5, 5.41) is 3.06. The molecular weight excluding hydrogens is 546 g/mol. The number of fused-ring (bicyclic) bond motifs is 1. The van der Waals surface area contributed by atoms with Gasteiger partial charge in [-0.25, -0.2) is 8.42 Å². The summed E-state index contributed by atoms with van der Waals surface area (Å²) in [4.78, 5) is 15.6. The van der Waals surface area contributed by atoms with Crippen LogP contribution < -0.4 is 5.32 Å². The van der Waals surface area contributed by atoms with E-state index in [4.69, 9.17) is 4.74 Å². The molecule has 224 valence electrons. The van der Waals surface area contributed by atoms with Crippen molar-refractivity contribution in [3.05, 3.63) is 100 Å². The summed E-state index contributed by atoms with van der Waals surface area (Å²) < 4.78 is 35.6. The number of ether oxygens (including phenoxy) is 1. The van der Waals surface area contributed by atoms with Gasteiger partial charge in [0, 0.05) is 26.2 Å². The van der Waals surface area contributed by atoms with Gasteiger partial charge >= 0.3 is 0 Å². The van der Waals surface area contributed by atoms with Gasteiger partial charge in [0.05, 0.1) is 17.5 Å². The van der Waals surface area contributed by atoms with Gasteiger partial charge in [0.25, 0.3) is 0 Å². The van der Waals surface area contributed by atoms with Gasteiger partial charge in [0.1, 0.15) is 6.61 Å². The van der Waals surface area contributed by atoms with Crippen LogP contribution >= 0.6 is 0 Å². The summed E-state index contributed by atoms with van der Waals surface area (Å²) in [6, 6.07) is 21.9. The van der Waals surface area contributed by atoms with Gasteiger partial charge in [0.2, 0.25) is 15.9 Å². The van der Waals surface area contributed by atoms with Gasteiger partial charge in [0.15, 0.2) is 0 Å². The van der Waals surface area contributed by atoms with Crippen LogP contribution in [-0.4, -0.2) is 62.4 Å². The Hall–Kier alpha value is -3.04. The summed E-state index contributed by atoms with van der Waals surface area (Å²) >= 11 is 0. The molecule has 5 rings (SSSR count). The molecule has 0 bridgehead atoms. The monoisotopic (exact) mass is 589 g/mol. The van der Waals surface area contributed by atoms with E-state index in [0.717, 1.165) is 60.3 Å². The van der Waals surface area contributed by atoms with Crippen molar-refractivity contribution in [2.75, 3.05) is 32.8 Å². The lowest BCUT2D eigenvalue weighted by atomic mass is 9.96. The van der Waals surface area contributed by atoms with E-state index < -0.39 is 16.1 Å². The van der Waals surface area contributed by atoms with Crippen molar-refractivity contribution in [3.63, 3.8) is 0 Å². The standard InChI is InChI=1S/C34H43N3O4S/c1-25-16-26(2)34(27(3)17-25)42(39,40)37-22-31-14-8-7-13-30(31)18-32(37)23-41-24-33(38)35-19-29-12-9-15-36(21-29)20-28-10-5-4-6-11-28/h4-8,10-11,13-14,16-17,29,32H,9,12,15,18-24H2,1-3H3,(H,35,38). The van der Waals surface area contributed by atoms with Crippen molar-refractivity contribution >= 4 is 15.9 Å². The van der Waals surface area contributed by atoms with Gasteiger partial charge < -0.3 is 10.1 Å². The molecule has 2 aliphatic rings. The van der Waals surface area contributed by atoms with Gasteiger partial charge in [-0.05, 0) is 80.3 Å². The Balaban J connectivity index is 1.18. The van der Waals surface area contributed by atoms with E-state index in [1.165, 1.54) is 5.56 Å². The van der Waals surface area contributed by atoms with Gasteiger partial charge in [-0.1, -0.05) is 72.3 Å². The fraction of sp³-hybridized carbons (Fsp3) is 0.441. The average molecular weight is 590 g/mol. The number of hydrogen-bond acceptors (Lipinski definition) is 5. The average Bonchev–Trinajstić information content (AvgIpc) is 2.96. The number of nitrogens with one attached hydrogen (secondary N) is 1. The van der Waals surface area contributed by atoms with Crippen LogP contribution in [0.5, 0.6) is 0 Å².